The van der Waals surface area contributed by atoms with Gasteiger partial charge in [-0.05, 0) is 49.1 Å². The summed E-state index contributed by atoms with van der Waals surface area (Å²) < 4.78 is 81.0. The summed E-state index contributed by atoms with van der Waals surface area (Å²) in [4.78, 5) is 14.5. The van der Waals surface area contributed by atoms with Gasteiger partial charge in [0.2, 0.25) is 0 Å². The Morgan fingerprint density at radius 3 is 1.66 bits per heavy atom. The van der Waals surface area contributed by atoms with E-state index >= 15 is 8.78 Å². The molecular formula is C45H73F2NO7S. The maximum absolute atomic E-state index is 15.9. The highest BCUT2D eigenvalue weighted by atomic mass is 32.2. The molecule has 0 unspecified atom stereocenters. The van der Waals surface area contributed by atoms with Gasteiger partial charge in [-0.1, -0.05) is 166 Å². The number of hydrogen-bond donors (Lipinski definition) is 0. The number of hydrogen-bond acceptors (Lipinski definition) is 7. The van der Waals surface area contributed by atoms with E-state index in [9.17, 15) is 13.2 Å². The number of halogens is 2. The van der Waals surface area contributed by atoms with Crippen LogP contribution in [0.15, 0.2) is 42.5 Å². The SMILES string of the molecule is CCCCCCCCCCCCN(CCCCCCCCCCCC)C(=O)C(F)(F)S(=O)(=O)OCC1(COCc2ccc3ccccc3c2)COC(C)(C)OC1. The fourth-order valence-corrected chi connectivity index (χ4v) is 8.02. The van der Waals surface area contributed by atoms with Crippen LogP contribution in [0, 0.1) is 5.41 Å². The lowest BCUT2D eigenvalue weighted by molar-refractivity contribution is -0.296. The number of nitrogens with zero attached hydrogens (tertiary/aromatic N) is 1. The summed E-state index contributed by atoms with van der Waals surface area (Å²) in [7, 11) is -5.67. The van der Waals surface area contributed by atoms with Gasteiger partial charge >= 0.3 is 21.3 Å². The summed E-state index contributed by atoms with van der Waals surface area (Å²) in [6.07, 6.45) is 21.3. The third kappa shape index (κ3) is 17.0. The van der Waals surface area contributed by atoms with Crippen LogP contribution in [-0.4, -0.2) is 69.8 Å². The monoisotopic (exact) mass is 810 g/mol. The van der Waals surface area contributed by atoms with E-state index in [0.29, 0.717) is 12.8 Å². The average molecular weight is 810 g/mol. The molecule has 0 aromatic heterocycles. The second-order valence-corrected chi connectivity index (χ2v) is 18.2. The van der Waals surface area contributed by atoms with Gasteiger partial charge in [-0.15, -0.1) is 0 Å². The molecule has 3 rings (SSSR count). The van der Waals surface area contributed by atoms with Crippen molar-refractivity contribution in [3.05, 3.63) is 48.0 Å². The number of rotatable bonds is 31. The molecule has 0 aliphatic carbocycles. The molecule has 0 bridgehead atoms. The van der Waals surface area contributed by atoms with E-state index in [4.69, 9.17) is 18.4 Å². The predicted molar refractivity (Wildman–Crippen MR) is 222 cm³/mol. The van der Waals surface area contributed by atoms with Crippen LogP contribution in [0.4, 0.5) is 8.78 Å². The molecule has 320 valence electrons. The van der Waals surface area contributed by atoms with Gasteiger partial charge in [0.15, 0.2) is 5.79 Å². The average Bonchev–Trinajstić information content (AvgIpc) is 3.18. The Morgan fingerprint density at radius 2 is 1.16 bits per heavy atom. The van der Waals surface area contributed by atoms with Crippen molar-refractivity contribution in [3.8, 4) is 0 Å². The van der Waals surface area contributed by atoms with Crippen LogP contribution in [0.1, 0.15) is 162 Å². The van der Waals surface area contributed by atoms with E-state index in [1.54, 1.807) is 13.8 Å². The number of benzene rings is 2. The molecule has 1 saturated heterocycles. The summed E-state index contributed by atoms with van der Waals surface area (Å²) in [5, 5.41) is -2.62. The Kier molecular flexibility index (Phi) is 21.8. The quantitative estimate of drug-likeness (QED) is 0.0553. The molecule has 1 aliphatic rings. The number of alkyl halides is 2. The second kappa shape index (κ2) is 25.3. The first-order valence-corrected chi connectivity index (χ1v) is 23.1. The first kappa shape index (κ1) is 48.2. The molecule has 0 radical (unpaired) electrons. The van der Waals surface area contributed by atoms with E-state index in [1.165, 1.54) is 64.2 Å². The van der Waals surface area contributed by atoms with Gasteiger partial charge in [0.05, 0.1) is 38.4 Å². The van der Waals surface area contributed by atoms with Gasteiger partial charge in [-0.2, -0.15) is 17.2 Å². The number of carbonyl (C=O) groups excluding carboxylic acids is 1. The van der Waals surface area contributed by atoms with E-state index in [2.05, 4.69) is 13.8 Å². The van der Waals surface area contributed by atoms with Crippen LogP contribution in [0.3, 0.4) is 0 Å². The molecule has 0 N–H and O–H groups in total. The Hall–Kier alpha value is -2.18. The van der Waals surface area contributed by atoms with Crippen molar-refractivity contribution in [1.82, 2.24) is 4.90 Å². The van der Waals surface area contributed by atoms with Crippen molar-refractivity contribution in [2.24, 2.45) is 5.41 Å². The smallest absolute Gasteiger partial charge is 0.376 e. The zero-order valence-electron chi connectivity index (χ0n) is 35.1. The summed E-state index contributed by atoms with van der Waals surface area (Å²) in [6.45, 7) is 7.35. The molecule has 0 atom stereocenters. The standard InChI is InChI=1S/C45H73F2NO7S/c1-5-7-9-11-13-15-17-19-21-25-31-48(32-26-22-20-18-16-14-12-10-8-6-2)42(49)45(46,47)56(50,51)55-38-44(36-53-43(3,4)54-37-44)35-52-34-39-29-30-40-27-23-24-28-41(40)33-39/h23-24,27-30,33H,5-22,25-26,31-32,34-38H2,1-4H3. The lowest BCUT2D eigenvalue weighted by Gasteiger charge is -2.42. The van der Waals surface area contributed by atoms with Gasteiger partial charge in [-0.3, -0.25) is 8.98 Å². The van der Waals surface area contributed by atoms with Gasteiger partial charge in [0.1, 0.15) is 0 Å². The first-order chi connectivity index (χ1) is 26.8. The Bertz CT molecular complexity index is 1470. The molecule has 2 aromatic rings. The molecule has 1 amide bonds. The second-order valence-electron chi connectivity index (χ2n) is 16.5. The van der Waals surface area contributed by atoms with Gasteiger partial charge in [-0.25, -0.2) is 0 Å². The molecule has 2 aromatic carbocycles. The lowest BCUT2D eigenvalue weighted by Crippen LogP contribution is -2.53. The zero-order chi connectivity index (χ0) is 40.8. The van der Waals surface area contributed by atoms with E-state index in [-0.39, 0.29) is 39.5 Å². The number of amides is 1. The Labute approximate surface area is 337 Å². The molecule has 0 saturated carbocycles. The lowest BCUT2D eigenvalue weighted by atomic mass is 9.91. The minimum absolute atomic E-state index is 0.0453. The first-order valence-electron chi connectivity index (χ1n) is 21.7. The van der Waals surface area contributed by atoms with Crippen molar-refractivity contribution in [3.63, 3.8) is 0 Å². The summed E-state index contributed by atoms with van der Waals surface area (Å²) in [5.41, 5.74) is -0.308. The Balaban J connectivity index is 1.59. The molecule has 56 heavy (non-hydrogen) atoms. The largest absolute Gasteiger partial charge is 0.447 e. The van der Waals surface area contributed by atoms with Crippen LogP contribution in [0.5, 0.6) is 0 Å². The van der Waals surface area contributed by atoms with Crippen molar-refractivity contribution in [2.75, 3.05) is 39.5 Å². The highest BCUT2D eigenvalue weighted by Crippen LogP contribution is 2.34. The third-order valence-corrected chi connectivity index (χ3v) is 12.1. The van der Waals surface area contributed by atoms with Crippen molar-refractivity contribution in [1.29, 1.82) is 0 Å². The fraction of sp³-hybridized carbons (Fsp3) is 0.756. The van der Waals surface area contributed by atoms with Crippen LogP contribution >= 0.6 is 0 Å². The summed E-state index contributed by atoms with van der Waals surface area (Å²) in [5.74, 6) is -2.67. The summed E-state index contributed by atoms with van der Waals surface area (Å²) >= 11 is 0. The van der Waals surface area contributed by atoms with E-state index in [1.807, 2.05) is 42.5 Å². The van der Waals surface area contributed by atoms with Crippen molar-refractivity contribution >= 4 is 26.8 Å². The van der Waals surface area contributed by atoms with Crippen molar-refractivity contribution in [2.45, 2.75) is 174 Å². The van der Waals surface area contributed by atoms with Gasteiger partial charge in [0.25, 0.3) is 0 Å². The molecule has 0 spiro atoms. The van der Waals surface area contributed by atoms with E-state index < -0.39 is 39.1 Å². The van der Waals surface area contributed by atoms with Crippen LogP contribution in [-0.2, 0) is 39.9 Å². The normalized spacial score (nSPS) is 15.7. The third-order valence-electron chi connectivity index (χ3n) is 10.9. The number of fused-ring (bicyclic) bond motifs is 1. The predicted octanol–water partition coefficient (Wildman–Crippen LogP) is 11.7. The molecule has 8 nitrogen and oxygen atoms in total. The number of ether oxygens (including phenoxy) is 3. The molecule has 1 heterocycles. The number of carbonyl (C=O) groups is 1. The molecule has 1 aliphatic heterocycles. The molecule has 11 heteroatoms. The topological polar surface area (TPSA) is 91.4 Å². The maximum atomic E-state index is 15.9. The van der Waals surface area contributed by atoms with Crippen molar-refractivity contribution < 1.29 is 40.4 Å². The minimum atomic E-state index is -5.67. The Morgan fingerprint density at radius 1 is 0.696 bits per heavy atom. The molecule has 1 fully saturated rings. The zero-order valence-corrected chi connectivity index (χ0v) is 35.9. The van der Waals surface area contributed by atoms with Crippen LogP contribution in [0.2, 0.25) is 0 Å². The van der Waals surface area contributed by atoms with Crippen LogP contribution in [0.25, 0.3) is 10.8 Å². The highest BCUT2D eigenvalue weighted by Gasteiger charge is 2.57. The van der Waals surface area contributed by atoms with Gasteiger partial charge < -0.3 is 19.1 Å². The van der Waals surface area contributed by atoms with Gasteiger partial charge in [0, 0.05) is 13.1 Å². The van der Waals surface area contributed by atoms with Crippen LogP contribution < -0.4 is 0 Å². The minimum Gasteiger partial charge on any atom is -0.376 e. The van der Waals surface area contributed by atoms with E-state index in [0.717, 1.165) is 72.6 Å². The fourth-order valence-electron chi connectivity index (χ4n) is 7.12. The maximum Gasteiger partial charge on any atom is 0.447 e. The summed E-state index contributed by atoms with van der Waals surface area (Å²) in [6, 6.07) is 13.9. The molecular weight excluding hydrogens is 737 g/mol. The highest BCUT2D eigenvalue weighted by molar-refractivity contribution is 7.88. The number of unbranched alkanes of at least 4 members (excludes halogenated alkanes) is 18.